The van der Waals surface area contributed by atoms with Crippen LogP contribution in [-0.2, 0) is 14.8 Å². The highest BCUT2D eigenvalue weighted by molar-refractivity contribution is 7.89. The Morgan fingerprint density at radius 2 is 1.42 bits per heavy atom. The molecule has 1 fully saturated rings. The minimum atomic E-state index is -3.49. The third-order valence-corrected chi connectivity index (χ3v) is 7.28. The molecule has 1 aliphatic rings. The molecule has 2 aromatic rings. The molecule has 0 atom stereocenters. The highest BCUT2D eigenvalue weighted by atomic mass is 32.2. The Kier molecular flexibility index (Phi) is 8.40. The Bertz CT molecular complexity index is 960. The van der Waals surface area contributed by atoms with Crippen molar-refractivity contribution in [1.82, 2.24) is 4.31 Å². The third kappa shape index (κ3) is 6.89. The second-order valence-corrected chi connectivity index (χ2v) is 10.3. The lowest BCUT2D eigenvalue weighted by Crippen LogP contribution is -2.55. The molecule has 0 bridgehead atoms. The number of nitrogens with two attached hydrogens (primary N) is 1. The van der Waals surface area contributed by atoms with E-state index in [1.165, 1.54) is 16.8 Å². The van der Waals surface area contributed by atoms with Gasteiger partial charge < -0.3 is 10.5 Å². The summed E-state index contributed by atoms with van der Waals surface area (Å²) in [6.07, 6.45) is 0.999. The van der Waals surface area contributed by atoms with Crippen molar-refractivity contribution in [3.05, 3.63) is 59.7 Å². The molecule has 0 unspecified atom stereocenters. The zero-order valence-corrected chi connectivity index (χ0v) is 19.9. The molecule has 31 heavy (non-hydrogen) atoms. The molecule has 0 saturated carbocycles. The minimum Gasteiger partial charge on any atom is -0.491 e. The van der Waals surface area contributed by atoms with Crippen molar-refractivity contribution in [2.75, 3.05) is 13.1 Å². The molecule has 0 aliphatic carbocycles. The van der Waals surface area contributed by atoms with Crippen LogP contribution in [0.15, 0.2) is 53.4 Å². The van der Waals surface area contributed by atoms with E-state index >= 15 is 0 Å². The van der Waals surface area contributed by atoms with Crippen LogP contribution < -0.4 is 10.5 Å². The Morgan fingerprint density at radius 1 is 0.968 bits per heavy atom. The molecule has 1 saturated heterocycles. The lowest BCUT2D eigenvalue weighted by atomic mass is 9.86. The topological polar surface area (TPSA) is 89.7 Å². The SMILES string of the molecule is CC(=O)C1(N)CCN(S(=O)(=O)c2ccc(C)cc2)CC1.Cc1ccc(OC(C)C)cc1. The molecule has 170 valence electrons. The van der Waals surface area contributed by atoms with E-state index < -0.39 is 15.6 Å². The highest BCUT2D eigenvalue weighted by Gasteiger charge is 2.38. The Balaban J connectivity index is 0.000000262. The van der Waals surface area contributed by atoms with Gasteiger partial charge in [0.15, 0.2) is 0 Å². The summed E-state index contributed by atoms with van der Waals surface area (Å²) in [5, 5.41) is 0. The fourth-order valence-corrected chi connectivity index (χ4v) is 4.67. The van der Waals surface area contributed by atoms with Gasteiger partial charge in [0.05, 0.1) is 16.5 Å². The fourth-order valence-electron chi connectivity index (χ4n) is 3.23. The lowest BCUT2D eigenvalue weighted by Gasteiger charge is -2.36. The average Bonchev–Trinajstić information content (AvgIpc) is 2.70. The maximum atomic E-state index is 12.5. The van der Waals surface area contributed by atoms with Crippen LogP contribution in [0.3, 0.4) is 0 Å². The van der Waals surface area contributed by atoms with E-state index in [1.807, 2.05) is 32.9 Å². The van der Waals surface area contributed by atoms with E-state index in [0.717, 1.165) is 11.3 Å². The highest BCUT2D eigenvalue weighted by Crippen LogP contribution is 2.26. The summed E-state index contributed by atoms with van der Waals surface area (Å²) in [6.45, 7) is 10.1. The number of piperidine rings is 1. The summed E-state index contributed by atoms with van der Waals surface area (Å²) < 4.78 is 31.8. The van der Waals surface area contributed by atoms with Crippen molar-refractivity contribution in [2.45, 2.75) is 64.0 Å². The standard InChI is InChI=1S/C14H20N2O3S.C10H14O/c1-11-3-5-13(6-4-11)20(18,19)16-9-7-14(15,8-10-16)12(2)17;1-8(2)11-10-6-4-9(3)5-7-10/h3-6H,7-10,15H2,1-2H3;4-8H,1-3H3. The number of sulfonamides is 1. The summed E-state index contributed by atoms with van der Waals surface area (Å²) in [7, 11) is -3.49. The average molecular weight is 447 g/mol. The number of hydrogen-bond acceptors (Lipinski definition) is 5. The van der Waals surface area contributed by atoms with E-state index in [9.17, 15) is 13.2 Å². The second kappa shape index (κ2) is 10.4. The van der Waals surface area contributed by atoms with Crippen LogP contribution in [0.2, 0.25) is 0 Å². The number of carbonyl (C=O) groups is 1. The first-order valence-electron chi connectivity index (χ1n) is 10.5. The van der Waals surface area contributed by atoms with Crippen LogP contribution in [0.5, 0.6) is 5.75 Å². The molecule has 3 rings (SSSR count). The molecule has 1 heterocycles. The molecule has 0 amide bonds. The normalized spacial score (nSPS) is 16.4. The first-order chi connectivity index (χ1) is 14.4. The number of hydrogen-bond donors (Lipinski definition) is 1. The number of Topliss-reactive ketones (excluding diaryl/α,β-unsaturated/α-hetero) is 1. The van der Waals surface area contributed by atoms with Crippen LogP contribution in [0.1, 0.15) is 44.7 Å². The third-order valence-electron chi connectivity index (χ3n) is 5.37. The number of aryl methyl sites for hydroxylation is 2. The minimum absolute atomic E-state index is 0.0788. The Labute approximate surface area is 186 Å². The number of rotatable bonds is 5. The predicted octanol–water partition coefficient (Wildman–Crippen LogP) is 3.85. The molecule has 2 N–H and O–H groups in total. The smallest absolute Gasteiger partial charge is 0.243 e. The molecular weight excluding hydrogens is 412 g/mol. The summed E-state index contributed by atoms with van der Waals surface area (Å²) in [4.78, 5) is 11.8. The van der Waals surface area contributed by atoms with Crippen molar-refractivity contribution in [1.29, 1.82) is 0 Å². The molecule has 0 aromatic heterocycles. The van der Waals surface area contributed by atoms with E-state index in [2.05, 4.69) is 19.1 Å². The van der Waals surface area contributed by atoms with Gasteiger partial charge in [-0.25, -0.2) is 8.42 Å². The zero-order chi connectivity index (χ0) is 23.2. The van der Waals surface area contributed by atoms with Gasteiger partial charge in [-0.1, -0.05) is 35.4 Å². The quantitative estimate of drug-likeness (QED) is 0.753. The van der Waals surface area contributed by atoms with Crippen LogP contribution in [0.4, 0.5) is 0 Å². The van der Waals surface area contributed by atoms with Crippen molar-refractivity contribution in [3.63, 3.8) is 0 Å². The number of ketones is 1. The largest absolute Gasteiger partial charge is 0.491 e. The maximum absolute atomic E-state index is 12.5. The Morgan fingerprint density at radius 3 is 1.84 bits per heavy atom. The molecule has 0 spiro atoms. The number of benzene rings is 2. The first-order valence-corrected chi connectivity index (χ1v) is 12.0. The zero-order valence-electron chi connectivity index (χ0n) is 19.1. The maximum Gasteiger partial charge on any atom is 0.243 e. The van der Waals surface area contributed by atoms with Crippen LogP contribution in [0, 0.1) is 13.8 Å². The van der Waals surface area contributed by atoms with Gasteiger partial charge in [0.25, 0.3) is 0 Å². The molecular formula is C24H34N2O4S. The van der Waals surface area contributed by atoms with Crippen LogP contribution in [-0.4, -0.2) is 43.2 Å². The van der Waals surface area contributed by atoms with Gasteiger partial charge in [-0.05, 0) is 71.7 Å². The van der Waals surface area contributed by atoms with E-state index in [4.69, 9.17) is 10.5 Å². The van der Waals surface area contributed by atoms with Gasteiger partial charge >= 0.3 is 0 Å². The lowest BCUT2D eigenvalue weighted by molar-refractivity contribution is -0.123. The van der Waals surface area contributed by atoms with E-state index in [0.29, 0.717) is 12.8 Å². The van der Waals surface area contributed by atoms with Crippen molar-refractivity contribution in [3.8, 4) is 5.75 Å². The molecule has 6 nitrogen and oxygen atoms in total. The first kappa shape index (κ1) is 25.0. The second-order valence-electron chi connectivity index (χ2n) is 8.41. The van der Waals surface area contributed by atoms with Gasteiger partial charge in [-0.15, -0.1) is 0 Å². The van der Waals surface area contributed by atoms with Gasteiger partial charge in [-0.3, -0.25) is 4.79 Å². The molecule has 1 aliphatic heterocycles. The number of carbonyl (C=O) groups excluding carboxylic acids is 1. The van der Waals surface area contributed by atoms with Gasteiger partial charge in [0, 0.05) is 13.1 Å². The van der Waals surface area contributed by atoms with Gasteiger partial charge in [0.1, 0.15) is 11.5 Å². The summed E-state index contributed by atoms with van der Waals surface area (Å²) >= 11 is 0. The van der Waals surface area contributed by atoms with E-state index in [1.54, 1.807) is 24.3 Å². The fraction of sp³-hybridized carbons (Fsp3) is 0.458. The molecule has 2 aromatic carbocycles. The van der Waals surface area contributed by atoms with Gasteiger partial charge in [0.2, 0.25) is 10.0 Å². The van der Waals surface area contributed by atoms with Crippen LogP contribution >= 0.6 is 0 Å². The van der Waals surface area contributed by atoms with Gasteiger partial charge in [-0.2, -0.15) is 4.31 Å². The molecule has 7 heteroatoms. The number of nitrogens with zero attached hydrogens (tertiary/aromatic N) is 1. The predicted molar refractivity (Wildman–Crippen MR) is 124 cm³/mol. The summed E-state index contributed by atoms with van der Waals surface area (Å²) in [6, 6.07) is 14.9. The monoisotopic (exact) mass is 446 g/mol. The molecule has 0 radical (unpaired) electrons. The van der Waals surface area contributed by atoms with Crippen molar-refractivity contribution >= 4 is 15.8 Å². The summed E-state index contributed by atoms with van der Waals surface area (Å²) in [5.41, 5.74) is 7.40. The van der Waals surface area contributed by atoms with E-state index in [-0.39, 0.29) is 29.9 Å². The number of ether oxygens (including phenoxy) is 1. The van der Waals surface area contributed by atoms with Crippen LogP contribution in [0.25, 0.3) is 0 Å². The Hall–Kier alpha value is -2.22. The summed E-state index contributed by atoms with van der Waals surface area (Å²) in [5.74, 6) is 0.871. The van der Waals surface area contributed by atoms with Crippen molar-refractivity contribution in [2.24, 2.45) is 5.73 Å². The van der Waals surface area contributed by atoms with Crippen molar-refractivity contribution < 1.29 is 17.9 Å².